The van der Waals surface area contributed by atoms with Crippen LogP contribution in [0.5, 0.6) is 0 Å². The minimum Gasteiger partial charge on any atom is -0.0632 e. The van der Waals surface area contributed by atoms with Crippen LogP contribution >= 0.6 is 0 Å². The van der Waals surface area contributed by atoms with E-state index in [1.807, 2.05) is 0 Å². The molecule has 0 nitrogen and oxygen atoms in total. The van der Waals surface area contributed by atoms with Crippen LogP contribution in [0.25, 0.3) is 0 Å². The van der Waals surface area contributed by atoms with Gasteiger partial charge in [0.2, 0.25) is 0 Å². The summed E-state index contributed by atoms with van der Waals surface area (Å²) in [7, 11) is 0. The third kappa shape index (κ3) is 2.23. The van der Waals surface area contributed by atoms with E-state index in [4.69, 9.17) is 0 Å². The maximum atomic E-state index is 2.33. The Kier molecular flexibility index (Phi) is 4.43. The van der Waals surface area contributed by atoms with Crippen molar-refractivity contribution in [2.24, 2.45) is 11.3 Å². The number of hydrogen-bond acceptors (Lipinski definition) is 0. The van der Waals surface area contributed by atoms with Crippen molar-refractivity contribution in [3.63, 3.8) is 0 Å². The molecule has 0 bridgehead atoms. The molecular formula is C13H22Ti. The summed E-state index contributed by atoms with van der Waals surface area (Å²) in [5, 5.41) is 0. The van der Waals surface area contributed by atoms with E-state index in [-0.39, 0.29) is 21.7 Å². The number of allylic oxidation sites excluding steroid dienone is 4. The zero-order valence-electron chi connectivity index (χ0n) is 10.6. The first-order valence-corrected chi connectivity index (χ1v) is 5.15. The molecule has 0 aromatic heterocycles. The van der Waals surface area contributed by atoms with E-state index in [9.17, 15) is 0 Å². The molecule has 0 aromatic rings. The van der Waals surface area contributed by atoms with Gasteiger partial charge in [-0.1, -0.05) is 38.8 Å². The van der Waals surface area contributed by atoms with Crippen molar-refractivity contribution in [3.05, 3.63) is 22.3 Å². The summed E-state index contributed by atoms with van der Waals surface area (Å²) >= 11 is 0. The predicted molar refractivity (Wildman–Crippen MR) is 59.7 cm³/mol. The zero-order chi connectivity index (χ0) is 10.4. The molecule has 0 heterocycles. The van der Waals surface area contributed by atoms with Crippen LogP contribution < -0.4 is 0 Å². The van der Waals surface area contributed by atoms with Crippen molar-refractivity contribution in [1.82, 2.24) is 0 Å². The Hall–Kier alpha value is 0.194. The molecule has 1 rings (SSSR count). The number of hydrogen-bond donors (Lipinski definition) is 0. The third-order valence-corrected chi connectivity index (χ3v) is 3.45. The summed E-state index contributed by atoms with van der Waals surface area (Å²) in [6.45, 7) is 16.1. The zero-order valence-corrected chi connectivity index (χ0v) is 12.1. The van der Waals surface area contributed by atoms with Crippen molar-refractivity contribution in [2.75, 3.05) is 0 Å². The number of rotatable bonds is 0. The van der Waals surface area contributed by atoms with E-state index < -0.39 is 0 Å². The Labute approximate surface area is 104 Å². The first-order valence-electron chi connectivity index (χ1n) is 5.15. The van der Waals surface area contributed by atoms with Gasteiger partial charge in [-0.05, 0) is 43.3 Å². The molecule has 0 aliphatic heterocycles. The van der Waals surface area contributed by atoms with Gasteiger partial charge in [-0.25, -0.2) is 0 Å². The Morgan fingerprint density at radius 2 is 1.36 bits per heavy atom. The minimum absolute atomic E-state index is 0. The van der Waals surface area contributed by atoms with Crippen LogP contribution in [-0.2, 0) is 21.7 Å². The molecule has 0 N–H and O–H groups in total. The molecule has 0 aromatic carbocycles. The monoisotopic (exact) mass is 226 g/mol. The summed E-state index contributed by atoms with van der Waals surface area (Å²) < 4.78 is 0. The van der Waals surface area contributed by atoms with Crippen LogP contribution in [0.4, 0.5) is 0 Å². The van der Waals surface area contributed by atoms with Crippen molar-refractivity contribution in [1.29, 1.82) is 0 Å². The Morgan fingerprint density at radius 3 is 1.50 bits per heavy atom. The quantitative estimate of drug-likeness (QED) is 0.539. The SMILES string of the molecule is CC1=C(C)C(C)C(C(C)(C)C)=C1C.[Ti]. The predicted octanol–water partition coefficient (Wildman–Crippen LogP) is 4.33. The van der Waals surface area contributed by atoms with E-state index in [0.717, 1.165) is 0 Å². The Balaban J connectivity index is 0.00000169. The van der Waals surface area contributed by atoms with Crippen molar-refractivity contribution < 1.29 is 21.7 Å². The molecule has 0 amide bonds. The molecule has 0 spiro atoms. The van der Waals surface area contributed by atoms with Crippen molar-refractivity contribution in [3.8, 4) is 0 Å². The molecule has 1 heteroatoms. The van der Waals surface area contributed by atoms with Gasteiger partial charge in [-0.3, -0.25) is 0 Å². The topological polar surface area (TPSA) is 0 Å². The maximum absolute atomic E-state index is 2.33. The van der Waals surface area contributed by atoms with E-state index >= 15 is 0 Å². The largest absolute Gasteiger partial charge is 0.0632 e. The van der Waals surface area contributed by atoms with Crippen LogP contribution in [0.15, 0.2) is 22.3 Å². The van der Waals surface area contributed by atoms with E-state index in [2.05, 4.69) is 48.5 Å². The summed E-state index contributed by atoms with van der Waals surface area (Å²) in [6, 6.07) is 0. The van der Waals surface area contributed by atoms with Gasteiger partial charge < -0.3 is 0 Å². The molecule has 1 atom stereocenters. The molecule has 0 fully saturated rings. The van der Waals surface area contributed by atoms with Gasteiger partial charge >= 0.3 is 0 Å². The fourth-order valence-electron chi connectivity index (χ4n) is 2.58. The third-order valence-electron chi connectivity index (χ3n) is 3.45. The average Bonchev–Trinajstić information content (AvgIpc) is 2.14. The molecule has 78 valence electrons. The second-order valence-corrected chi connectivity index (χ2v) is 5.32. The van der Waals surface area contributed by atoms with Gasteiger partial charge in [0.1, 0.15) is 0 Å². The average molecular weight is 226 g/mol. The van der Waals surface area contributed by atoms with Crippen LogP contribution in [-0.4, -0.2) is 0 Å². The van der Waals surface area contributed by atoms with Crippen molar-refractivity contribution in [2.45, 2.75) is 48.5 Å². The van der Waals surface area contributed by atoms with E-state index in [0.29, 0.717) is 11.3 Å². The fraction of sp³-hybridized carbons (Fsp3) is 0.692. The molecular weight excluding hydrogens is 204 g/mol. The van der Waals surface area contributed by atoms with Gasteiger partial charge in [0.05, 0.1) is 0 Å². The van der Waals surface area contributed by atoms with E-state index in [1.54, 1.807) is 11.1 Å². The molecule has 0 saturated heterocycles. The molecule has 1 aliphatic rings. The summed E-state index contributed by atoms with van der Waals surface area (Å²) in [6.07, 6.45) is 0. The molecule has 0 saturated carbocycles. The van der Waals surface area contributed by atoms with Gasteiger partial charge in [-0.15, -0.1) is 0 Å². The maximum Gasteiger partial charge on any atom is 0 e. The molecule has 1 unspecified atom stereocenters. The van der Waals surface area contributed by atoms with Crippen LogP contribution in [0.2, 0.25) is 0 Å². The molecule has 0 radical (unpaired) electrons. The van der Waals surface area contributed by atoms with E-state index in [1.165, 1.54) is 11.1 Å². The second-order valence-electron chi connectivity index (χ2n) is 5.32. The summed E-state index contributed by atoms with van der Waals surface area (Å²) in [4.78, 5) is 0. The van der Waals surface area contributed by atoms with Gasteiger partial charge in [0, 0.05) is 21.7 Å². The van der Waals surface area contributed by atoms with Gasteiger partial charge in [-0.2, -0.15) is 0 Å². The van der Waals surface area contributed by atoms with Crippen LogP contribution in [0, 0.1) is 11.3 Å². The smallest absolute Gasteiger partial charge is 0 e. The van der Waals surface area contributed by atoms with Gasteiger partial charge in [0.25, 0.3) is 0 Å². The first kappa shape index (κ1) is 14.2. The second kappa shape index (κ2) is 4.37. The first-order chi connectivity index (χ1) is 5.76. The molecule has 1 aliphatic carbocycles. The Bertz CT molecular complexity index is 287. The van der Waals surface area contributed by atoms with Crippen molar-refractivity contribution >= 4 is 0 Å². The minimum atomic E-state index is 0. The van der Waals surface area contributed by atoms with Crippen LogP contribution in [0.1, 0.15) is 48.5 Å². The van der Waals surface area contributed by atoms with Crippen LogP contribution in [0.3, 0.4) is 0 Å². The fourth-order valence-corrected chi connectivity index (χ4v) is 2.58. The molecule has 14 heavy (non-hydrogen) atoms. The van der Waals surface area contributed by atoms with Gasteiger partial charge in [0.15, 0.2) is 0 Å². The summed E-state index contributed by atoms with van der Waals surface area (Å²) in [5.74, 6) is 0.653. The summed E-state index contributed by atoms with van der Waals surface area (Å²) in [5.41, 5.74) is 6.54. The normalized spacial score (nSPS) is 22.9. The standard InChI is InChI=1S/C13H22.Ti/c1-8-9(2)11(4)12(10(8)3)13(5,6)7;/h10H,1-7H3;. The Morgan fingerprint density at radius 1 is 0.929 bits per heavy atom.